The number of hydrogen-bond donors (Lipinski definition) is 2. The van der Waals surface area contributed by atoms with E-state index < -0.39 is 0 Å². The minimum atomic E-state index is 0.389. The minimum Gasteiger partial charge on any atom is -0.389 e. The van der Waals surface area contributed by atoms with Crippen molar-refractivity contribution in [2.75, 3.05) is 5.32 Å². The molecule has 4 heteroatoms. The fourth-order valence-corrected chi connectivity index (χ4v) is 2.26. The molecule has 0 aliphatic carbocycles. The lowest BCUT2D eigenvalue weighted by Gasteiger charge is -2.12. The number of nitrogens with one attached hydrogen (secondary N) is 1. The standard InChI is InChI=1S/C16H19N3S/c1-3-6-12-7-4-5-8-14(12)19-15-10-13(16(17)20)9-11(2)18-15/h4-5,7-10H,3,6H2,1-2H3,(H2,17,20)(H,18,19). The van der Waals surface area contributed by atoms with Crippen molar-refractivity contribution in [2.45, 2.75) is 26.7 Å². The first-order valence-electron chi connectivity index (χ1n) is 6.73. The van der Waals surface area contributed by atoms with Crippen molar-refractivity contribution in [3.8, 4) is 0 Å². The second-order valence-corrected chi connectivity index (χ2v) is 5.22. The van der Waals surface area contributed by atoms with E-state index in [0.29, 0.717) is 4.99 Å². The maximum absolute atomic E-state index is 5.70. The van der Waals surface area contributed by atoms with Gasteiger partial charge in [-0.25, -0.2) is 4.98 Å². The minimum absolute atomic E-state index is 0.389. The molecule has 0 saturated heterocycles. The number of para-hydroxylation sites is 1. The summed E-state index contributed by atoms with van der Waals surface area (Å²) in [6, 6.07) is 12.1. The first-order valence-corrected chi connectivity index (χ1v) is 7.14. The summed E-state index contributed by atoms with van der Waals surface area (Å²) in [4.78, 5) is 4.88. The van der Waals surface area contributed by atoms with Crippen molar-refractivity contribution >= 4 is 28.7 Å². The average molecular weight is 285 g/mol. The third-order valence-corrected chi connectivity index (χ3v) is 3.27. The van der Waals surface area contributed by atoms with Crippen LogP contribution in [-0.4, -0.2) is 9.97 Å². The van der Waals surface area contributed by atoms with Gasteiger partial charge in [-0.05, 0) is 37.1 Å². The topological polar surface area (TPSA) is 50.9 Å². The summed E-state index contributed by atoms with van der Waals surface area (Å²) in [6.45, 7) is 4.11. The second kappa shape index (κ2) is 6.48. The molecule has 0 unspecified atom stereocenters. The molecule has 2 rings (SSSR count). The van der Waals surface area contributed by atoms with Crippen LogP contribution in [0.3, 0.4) is 0 Å². The van der Waals surface area contributed by atoms with Crippen molar-refractivity contribution in [1.82, 2.24) is 4.98 Å². The van der Waals surface area contributed by atoms with Crippen molar-refractivity contribution in [1.29, 1.82) is 0 Å². The highest BCUT2D eigenvalue weighted by Gasteiger charge is 2.05. The predicted molar refractivity (Wildman–Crippen MR) is 88.6 cm³/mol. The lowest BCUT2D eigenvalue weighted by Crippen LogP contribution is -2.11. The summed E-state index contributed by atoms with van der Waals surface area (Å²) in [5, 5.41) is 3.37. The molecule has 0 spiro atoms. The lowest BCUT2D eigenvalue weighted by atomic mass is 10.1. The molecule has 0 saturated carbocycles. The first kappa shape index (κ1) is 14.5. The van der Waals surface area contributed by atoms with Crippen molar-refractivity contribution < 1.29 is 0 Å². The quantitative estimate of drug-likeness (QED) is 0.822. The Morgan fingerprint density at radius 3 is 2.75 bits per heavy atom. The largest absolute Gasteiger partial charge is 0.389 e. The average Bonchev–Trinajstić information content (AvgIpc) is 2.40. The van der Waals surface area contributed by atoms with Gasteiger partial charge in [0, 0.05) is 16.9 Å². The fraction of sp³-hybridized carbons (Fsp3) is 0.250. The number of rotatable bonds is 5. The number of aryl methyl sites for hydroxylation is 2. The third-order valence-electron chi connectivity index (χ3n) is 3.04. The lowest BCUT2D eigenvalue weighted by molar-refractivity contribution is 0.923. The molecular formula is C16H19N3S. The van der Waals surface area contributed by atoms with Gasteiger partial charge in [0.15, 0.2) is 0 Å². The summed E-state index contributed by atoms with van der Waals surface area (Å²) >= 11 is 5.04. The highest BCUT2D eigenvalue weighted by Crippen LogP contribution is 2.22. The Hall–Kier alpha value is -1.94. The van der Waals surface area contributed by atoms with Crippen molar-refractivity contribution in [2.24, 2.45) is 5.73 Å². The molecule has 3 nitrogen and oxygen atoms in total. The van der Waals surface area contributed by atoms with E-state index in [2.05, 4.69) is 35.4 Å². The zero-order chi connectivity index (χ0) is 14.5. The van der Waals surface area contributed by atoms with E-state index in [1.807, 2.05) is 25.1 Å². The van der Waals surface area contributed by atoms with E-state index in [0.717, 1.165) is 35.6 Å². The highest BCUT2D eigenvalue weighted by atomic mass is 32.1. The number of hydrogen-bond acceptors (Lipinski definition) is 3. The van der Waals surface area contributed by atoms with Crippen LogP contribution in [0.1, 0.15) is 30.2 Å². The Morgan fingerprint density at radius 2 is 2.05 bits per heavy atom. The molecule has 2 aromatic rings. The molecule has 104 valence electrons. The van der Waals surface area contributed by atoms with Gasteiger partial charge in [0.1, 0.15) is 10.8 Å². The Kier molecular flexibility index (Phi) is 4.69. The van der Waals surface area contributed by atoms with E-state index in [1.54, 1.807) is 0 Å². The molecule has 0 fully saturated rings. The van der Waals surface area contributed by atoms with E-state index in [1.165, 1.54) is 5.56 Å². The van der Waals surface area contributed by atoms with Gasteiger partial charge in [-0.1, -0.05) is 43.8 Å². The maximum Gasteiger partial charge on any atom is 0.131 e. The first-order chi connectivity index (χ1) is 9.60. The highest BCUT2D eigenvalue weighted by molar-refractivity contribution is 7.80. The van der Waals surface area contributed by atoms with Gasteiger partial charge in [-0.2, -0.15) is 0 Å². The molecule has 3 N–H and O–H groups in total. The maximum atomic E-state index is 5.70. The fourth-order valence-electron chi connectivity index (χ4n) is 2.14. The van der Waals surface area contributed by atoms with E-state index >= 15 is 0 Å². The monoisotopic (exact) mass is 285 g/mol. The van der Waals surface area contributed by atoms with Gasteiger partial charge in [-0.3, -0.25) is 0 Å². The van der Waals surface area contributed by atoms with Crippen LogP contribution in [0.4, 0.5) is 11.5 Å². The zero-order valence-electron chi connectivity index (χ0n) is 11.8. The van der Waals surface area contributed by atoms with Crippen LogP contribution in [0.5, 0.6) is 0 Å². The summed E-state index contributed by atoms with van der Waals surface area (Å²) in [7, 11) is 0. The molecule has 0 radical (unpaired) electrons. The van der Waals surface area contributed by atoms with Crippen LogP contribution in [-0.2, 0) is 6.42 Å². The number of pyridine rings is 1. The van der Waals surface area contributed by atoms with Crippen LogP contribution in [0.25, 0.3) is 0 Å². The van der Waals surface area contributed by atoms with Gasteiger partial charge < -0.3 is 11.1 Å². The van der Waals surface area contributed by atoms with Gasteiger partial charge >= 0.3 is 0 Å². The van der Waals surface area contributed by atoms with Gasteiger partial charge in [-0.15, -0.1) is 0 Å². The normalized spacial score (nSPS) is 10.3. The zero-order valence-corrected chi connectivity index (χ0v) is 12.6. The number of nitrogens with two attached hydrogens (primary N) is 1. The van der Waals surface area contributed by atoms with Gasteiger partial charge in [0.25, 0.3) is 0 Å². The molecule has 1 aromatic heterocycles. The number of anilines is 2. The van der Waals surface area contributed by atoms with E-state index in [4.69, 9.17) is 18.0 Å². The summed E-state index contributed by atoms with van der Waals surface area (Å²) in [5.41, 5.74) is 9.80. The third kappa shape index (κ3) is 3.54. The number of aromatic nitrogens is 1. The molecule has 1 heterocycles. The summed E-state index contributed by atoms with van der Waals surface area (Å²) in [5.74, 6) is 0.774. The molecule has 0 amide bonds. The Balaban J connectivity index is 2.32. The van der Waals surface area contributed by atoms with E-state index in [-0.39, 0.29) is 0 Å². The molecule has 0 aliphatic heterocycles. The smallest absolute Gasteiger partial charge is 0.131 e. The number of benzene rings is 1. The molecule has 20 heavy (non-hydrogen) atoms. The SMILES string of the molecule is CCCc1ccccc1Nc1cc(C(N)=S)cc(C)n1. The predicted octanol–water partition coefficient (Wildman–Crippen LogP) is 3.72. The summed E-state index contributed by atoms with van der Waals surface area (Å²) < 4.78 is 0. The van der Waals surface area contributed by atoms with E-state index in [9.17, 15) is 0 Å². The van der Waals surface area contributed by atoms with Crippen LogP contribution in [0.2, 0.25) is 0 Å². The molecule has 0 aliphatic rings. The Labute approximate surface area is 125 Å². The number of nitrogens with zero attached hydrogens (tertiary/aromatic N) is 1. The van der Waals surface area contributed by atoms with Crippen LogP contribution in [0, 0.1) is 6.92 Å². The van der Waals surface area contributed by atoms with Gasteiger partial charge in [0.05, 0.1) is 0 Å². The second-order valence-electron chi connectivity index (χ2n) is 4.78. The van der Waals surface area contributed by atoms with Gasteiger partial charge in [0.2, 0.25) is 0 Å². The Morgan fingerprint density at radius 1 is 1.30 bits per heavy atom. The van der Waals surface area contributed by atoms with Crippen LogP contribution >= 0.6 is 12.2 Å². The molecule has 1 aromatic carbocycles. The van der Waals surface area contributed by atoms with Crippen LogP contribution in [0.15, 0.2) is 36.4 Å². The Bertz CT molecular complexity index is 623. The number of thiocarbonyl (C=S) groups is 1. The molecule has 0 atom stereocenters. The molecular weight excluding hydrogens is 266 g/mol. The van der Waals surface area contributed by atoms with Crippen molar-refractivity contribution in [3.05, 3.63) is 53.2 Å². The molecule has 0 bridgehead atoms. The van der Waals surface area contributed by atoms with Crippen LogP contribution < -0.4 is 11.1 Å². The van der Waals surface area contributed by atoms with Crippen molar-refractivity contribution in [3.63, 3.8) is 0 Å². The summed E-state index contributed by atoms with van der Waals surface area (Å²) in [6.07, 6.45) is 2.15.